The van der Waals surface area contributed by atoms with Crippen LogP contribution in [0.4, 0.5) is 0 Å². The third-order valence-electron chi connectivity index (χ3n) is 5.46. The number of Topliss-reactive ketones (excluding diaryl/α,β-unsaturated/α-hetero) is 1. The molecule has 1 aliphatic heterocycles. The first kappa shape index (κ1) is 19.5. The fourth-order valence-electron chi connectivity index (χ4n) is 3.85. The van der Waals surface area contributed by atoms with Crippen LogP contribution in [0.25, 0.3) is 5.57 Å². The van der Waals surface area contributed by atoms with E-state index in [-0.39, 0.29) is 29.9 Å². The number of ether oxygens (including phenoxy) is 3. The number of carbonyl (C=O) groups excluding carboxylic acids is 2. The second kappa shape index (κ2) is 8.29. The summed E-state index contributed by atoms with van der Waals surface area (Å²) in [6.07, 6.45) is 2.73. The summed E-state index contributed by atoms with van der Waals surface area (Å²) < 4.78 is 16.6. The van der Waals surface area contributed by atoms with Crippen molar-refractivity contribution in [2.75, 3.05) is 7.11 Å². The van der Waals surface area contributed by atoms with E-state index in [0.717, 1.165) is 5.56 Å². The number of benzene rings is 2. The average molecular weight is 413 g/mol. The lowest BCUT2D eigenvalue weighted by Gasteiger charge is -2.37. The van der Waals surface area contributed by atoms with Gasteiger partial charge in [0, 0.05) is 11.4 Å². The Labute approximate surface area is 174 Å². The maximum Gasteiger partial charge on any atom is 0.338 e. The van der Waals surface area contributed by atoms with Gasteiger partial charge in [-0.05, 0) is 54.8 Å². The maximum absolute atomic E-state index is 13.0. The van der Waals surface area contributed by atoms with Crippen LogP contribution >= 0.6 is 11.6 Å². The molecule has 0 aromatic heterocycles. The molecule has 0 bridgehead atoms. The Morgan fingerprint density at radius 1 is 1.07 bits per heavy atom. The van der Waals surface area contributed by atoms with E-state index in [4.69, 9.17) is 25.8 Å². The van der Waals surface area contributed by atoms with Gasteiger partial charge in [-0.25, -0.2) is 4.79 Å². The fraction of sp³-hybridized carbons (Fsp3) is 0.304. The van der Waals surface area contributed by atoms with Crippen molar-refractivity contribution in [3.05, 3.63) is 70.9 Å². The van der Waals surface area contributed by atoms with Gasteiger partial charge >= 0.3 is 5.97 Å². The molecular formula is C23H21ClO5. The highest BCUT2D eigenvalue weighted by atomic mass is 35.5. The average Bonchev–Trinajstić information content (AvgIpc) is 2.75. The Morgan fingerprint density at radius 3 is 2.48 bits per heavy atom. The number of fused-ring (bicyclic) bond motifs is 1. The predicted octanol–water partition coefficient (Wildman–Crippen LogP) is 4.68. The van der Waals surface area contributed by atoms with Crippen molar-refractivity contribution in [2.24, 2.45) is 5.92 Å². The first-order valence-electron chi connectivity index (χ1n) is 9.56. The molecule has 5 nitrogen and oxygen atoms in total. The fourth-order valence-corrected chi connectivity index (χ4v) is 3.98. The molecule has 6 heteroatoms. The standard InChI is InChI=1S/C23H21ClO5/c1-27-17-8-4-15(5-9-17)23(26)29-18-10-11-19-21(12-18)28-13-20(22(19)25)14-2-6-16(24)7-3-14/h2-9,13,18-19,21H,10-12H2,1H3. The Kier molecular flexibility index (Phi) is 5.58. The zero-order valence-corrected chi connectivity index (χ0v) is 16.7. The summed E-state index contributed by atoms with van der Waals surface area (Å²) in [6.45, 7) is 0. The first-order chi connectivity index (χ1) is 14.0. The maximum atomic E-state index is 13.0. The molecule has 4 rings (SSSR count). The zero-order chi connectivity index (χ0) is 20.4. The SMILES string of the molecule is COc1ccc(C(=O)OC2CCC3C(=O)C(c4ccc(Cl)cc4)=COC3C2)cc1. The number of methoxy groups -OCH3 is 1. The van der Waals surface area contributed by atoms with E-state index in [0.29, 0.717) is 41.2 Å². The van der Waals surface area contributed by atoms with E-state index < -0.39 is 0 Å². The minimum absolute atomic E-state index is 0.0727. The van der Waals surface area contributed by atoms with Crippen molar-refractivity contribution in [2.45, 2.75) is 31.5 Å². The number of allylic oxidation sites excluding steroid dienone is 1. The molecule has 3 unspecified atom stereocenters. The van der Waals surface area contributed by atoms with E-state index in [9.17, 15) is 9.59 Å². The van der Waals surface area contributed by atoms with Gasteiger partial charge in [0.15, 0.2) is 5.78 Å². The van der Waals surface area contributed by atoms with Crippen LogP contribution in [0.15, 0.2) is 54.8 Å². The third-order valence-corrected chi connectivity index (χ3v) is 5.71. The van der Waals surface area contributed by atoms with Gasteiger partial charge in [0.1, 0.15) is 18.0 Å². The molecule has 0 saturated heterocycles. The number of rotatable bonds is 4. The highest BCUT2D eigenvalue weighted by molar-refractivity contribution is 6.30. The van der Waals surface area contributed by atoms with Gasteiger partial charge in [-0.2, -0.15) is 0 Å². The Hall–Kier alpha value is -2.79. The molecule has 150 valence electrons. The van der Waals surface area contributed by atoms with Gasteiger partial charge in [0.05, 0.1) is 30.4 Å². The molecule has 1 aliphatic carbocycles. The summed E-state index contributed by atoms with van der Waals surface area (Å²) >= 11 is 5.93. The zero-order valence-electron chi connectivity index (χ0n) is 16.0. The van der Waals surface area contributed by atoms with Crippen LogP contribution in [0.3, 0.4) is 0 Å². The van der Waals surface area contributed by atoms with Crippen LogP contribution in [-0.2, 0) is 14.3 Å². The predicted molar refractivity (Wildman–Crippen MR) is 109 cm³/mol. The second-order valence-corrected chi connectivity index (χ2v) is 7.69. The third kappa shape index (κ3) is 4.15. The minimum Gasteiger partial charge on any atom is -0.497 e. The second-order valence-electron chi connectivity index (χ2n) is 7.25. The normalized spacial score (nSPS) is 23.4. The molecule has 2 aromatic rings. The van der Waals surface area contributed by atoms with E-state index in [2.05, 4.69) is 0 Å². The van der Waals surface area contributed by atoms with Gasteiger partial charge in [-0.1, -0.05) is 23.7 Å². The van der Waals surface area contributed by atoms with Crippen LogP contribution < -0.4 is 4.74 Å². The number of carbonyl (C=O) groups is 2. The summed E-state index contributed by atoms with van der Waals surface area (Å²) in [7, 11) is 1.57. The van der Waals surface area contributed by atoms with Crippen molar-refractivity contribution in [3.63, 3.8) is 0 Å². The molecular weight excluding hydrogens is 392 g/mol. The highest BCUT2D eigenvalue weighted by Crippen LogP contribution is 2.37. The molecule has 0 radical (unpaired) electrons. The van der Waals surface area contributed by atoms with E-state index in [1.807, 2.05) is 12.1 Å². The lowest BCUT2D eigenvalue weighted by molar-refractivity contribution is -0.126. The molecule has 29 heavy (non-hydrogen) atoms. The molecule has 0 amide bonds. The molecule has 0 N–H and O–H groups in total. The molecule has 0 spiro atoms. The van der Waals surface area contributed by atoms with Crippen LogP contribution in [0.1, 0.15) is 35.2 Å². The molecule has 3 atom stereocenters. The molecule has 1 fully saturated rings. The number of hydrogen-bond donors (Lipinski definition) is 0. The molecule has 1 heterocycles. The van der Waals surface area contributed by atoms with Crippen LogP contribution in [0.2, 0.25) is 5.02 Å². The van der Waals surface area contributed by atoms with Crippen LogP contribution in [0, 0.1) is 5.92 Å². The largest absolute Gasteiger partial charge is 0.497 e. The first-order valence-corrected chi connectivity index (χ1v) is 9.94. The van der Waals surface area contributed by atoms with Crippen LogP contribution in [0.5, 0.6) is 5.75 Å². The van der Waals surface area contributed by atoms with Crippen molar-refractivity contribution in [1.29, 1.82) is 0 Å². The van der Waals surface area contributed by atoms with E-state index in [1.165, 1.54) is 6.26 Å². The van der Waals surface area contributed by atoms with Gasteiger partial charge in [-0.15, -0.1) is 0 Å². The van der Waals surface area contributed by atoms with Gasteiger partial charge in [0.2, 0.25) is 0 Å². The number of halogens is 1. The molecule has 2 aromatic carbocycles. The topological polar surface area (TPSA) is 61.8 Å². The van der Waals surface area contributed by atoms with E-state index in [1.54, 1.807) is 43.5 Å². The smallest absolute Gasteiger partial charge is 0.338 e. The quantitative estimate of drug-likeness (QED) is 0.682. The van der Waals surface area contributed by atoms with Crippen molar-refractivity contribution >= 4 is 28.9 Å². The Morgan fingerprint density at radius 2 is 1.79 bits per heavy atom. The number of hydrogen-bond acceptors (Lipinski definition) is 5. The van der Waals surface area contributed by atoms with Gasteiger partial charge in [-0.3, -0.25) is 4.79 Å². The Bertz CT molecular complexity index is 933. The monoisotopic (exact) mass is 412 g/mol. The summed E-state index contributed by atoms with van der Waals surface area (Å²) in [5.74, 6) is 0.153. The lowest BCUT2D eigenvalue weighted by atomic mass is 9.78. The molecule has 2 aliphatic rings. The Balaban J connectivity index is 1.41. The van der Waals surface area contributed by atoms with Crippen LogP contribution in [-0.4, -0.2) is 31.1 Å². The van der Waals surface area contributed by atoms with Crippen molar-refractivity contribution < 1.29 is 23.8 Å². The minimum atomic E-state index is -0.379. The van der Waals surface area contributed by atoms with Gasteiger partial charge in [0.25, 0.3) is 0 Å². The summed E-state index contributed by atoms with van der Waals surface area (Å²) in [4.78, 5) is 25.4. The summed E-state index contributed by atoms with van der Waals surface area (Å²) in [6, 6.07) is 13.9. The summed E-state index contributed by atoms with van der Waals surface area (Å²) in [5.41, 5.74) is 1.83. The van der Waals surface area contributed by atoms with Gasteiger partial charge < -0.3 is 14.2 Å². The highest BCUT2D eigenvalue weighted by Gasteiger charge is 2.41. The van der Waals surface area contributed by atoms with Crippen molar-refractivity contribution in [1.82, 2.24) is 0 Å². The molecule has 1 saturated carbocycles. The lowest BCUT2D eigenvalue weighted by Crippen LogP contribution is -2.41. The number of ketones is 1. The number of esters is 1. The van der Waals surface area contributed by atoms with E-state index >= 15 is 0 Å². The van der Waals surface area contributed by atoms with Crippen molar-refractivity contribution in [3.8, 4) is 5.75 Å². The summed E-state index contributed by atoms with van der Waals surface area (Å²) in [5, 5.41) is 0.621.